The van der Waals surface area contributed by atoms with Crippen LogP contribution in [-0.4, -0.2) is 28.0 Å². The molecule has 0 bridgehead atoms. The van der Waals surface area contributed by atoms with E-state index in [1.807, 2.05) is 6.20 Å². The summed E-state index contributed by atoms with van der Waals surface area (Å²) in [7, 11) is 2.27. The molecule has 1 atom stereocenters. The molecule has 0 saturated heterocycles. The van der Waals surface area contributed by atoms with Gasteiger partial charge < -0.3 is 4.57 Å². The summed E-state index contributed by atoms with van der Waals surface area (Å²) in [6.45, 7) is 4.27. The third kappa shape index (κ3) is 3.18. The monoisotopic (exact) mass is 283 g/mol. The second kappa shape index (κ2) is 6.44. The molecule has 0 aliphatic heterocycles. The molecule has 1 heterocycles. The van der Waals surface area contributed by atoms with Crippen LogP contribution in [0.3, 0.4) is 0 Å². The van der Waals surface area contributed by atoms with Crippen LogP contribution in [0.1, 0.15) is 42.3 Å². The normalized spacial score (nSPS) is 18.0. The third-order valence-corrected chi connectivity index (χ3v) is 4.70. The number of hydrogen-bond donors (Lipinski definition) is 0. The van der Waals surface area contributed by atoms with E-state index in [0.29, 0.717) is 6.04 Å². The van der Waals surface area contributed by atoms with Gasteiger partial charge in [0.15, 0.2) is 0 Å². The van der Waals surface area contributed by atoms with E-state index in [2.05, 4.69) is 58.9 Å². The molecule has 112 valence electrons. The summed E-state index contributed by atoms with van der Waals surface area (Å²) in [5, 5.41) is 0. The van der Waals surface area contributed by atoms with Gasteiger partial charge >= 0.3 is 0 Å². The van der Waals surface area contributed by atoms with Crippen LogP contribution in [-0.2, 0) is 13.0 Å². The Balaban J connectivity index is 1.59. The van der Waals surface area contributed by atoms with Gasteiger partial charge in [-0.2, -0.15) is 0 Å². The van der Waals surface area contributed by atoms with Crippen LogP contribution in [0.15, 0.2) is 36.7 Å². The molecule has 3 nitrogen and oxygen atoms in total. The largest absolute Gasteiger partial charge is 0.335 e. The zero-order valence-corrected chi connectivity index (χ0v) is 13.1. The number of benzene rings is 1. The van der Waals surface area contributed by atoms with Crippen molar-refractivity contribution >= 4 is 0 Å². The number of fused-ring (bicyclic) bond motifs is 1. The Kier molecular flexibility index (Phi) is 4.39. The van der Waals surface area contributed by atoms with Gasteiger partial charge in [-0.3, -0.25) is 4.90 Å². The van der Waals surface area contributed by atoms with Crippen LogP contribution in [0.4, 0.5) is 0 Å². The van der Waals surface area contributed by atoms with E-state index >= 15 is 0 Å². The minimum absolute atomic E-state index is 0.596. The van der Waals surface area contributed by atoms with E-state index in [1.165, 1.54) is 25.7 Å². The average Bonchev–Trinajstić information content (AvgIpc) is 2.92. The minimum Gasteiger partial charge on any atom is -0.335 e. The Morgan fingerprint density at radius 2 is 2.19 bits per heavy atom. The zero-order chi connectivity index (χ0) is 14.7. The van der Waals surface area contributed by atoms with Gasteiger partial charge in [-0.25, -0.2) is 4.98 Å². The van der Waals surface area contributed by atoms with Crippen molar-refractivity contribution in [1.82, 2.24) is 14.5 Å². The van der Waals surface area contributed by atoms with Gasteiger partial charge in [0.25, 0.3) is 0 Å². The molecule has 1 aliphatic rings. The topological polar surface area (TPSA) is 21.1 Å². The lowest BCUT2D eigenvalue weighted by atomic mass is 9.87. The first-order valence-electron chi connectivity index (χ1n) is 8.01. The Bertz CT molecular complexity index is 588. The number of nitrogens with zero attached hydrogens (tertiary/aromatic N) is 3. The molecule has 0 unspecified atom stereocenters. The van der Waals surface area contributed by atoms with Crippen LogP contribution in [0.25, 0.3) is 0 Å². The molecule has 3 rings (SSSR count). The molecule has 2 aromatic rings. The van der Waals surface area contributed by atoms with Gasteiger partial charge in [-0.1, -0.05) is 24.3 Å². The fourth-order valence-electron chi connectivity index (χ4n) is 3.47. The smallest absolute Gasteiger partial charge is 0.105 e. The number of imidazole rings is 1. The fourth-order valence-corrected chi connectivity index (χ4v) is 3.47. The van der Waals surface area contributed by atoms with Crippen molar-refractivity contribution in [1.29, 1.82) is 0 Å². The molecule has 0 spiro atoms. The minimum atomic E-state index is 0.596. The summed E-state index contributed by atoms with van der Waals surface area (Å²) in [6, 6.07) is 9.56. The lowest BCUT2D eigenvalue weighted by molar-refractivity contribution is 0.215. The molecule has 0 radical (unpaired) electrons. The molecule has 1 aliphatic carbocycles. The van der Waals surface area contributed by atoms with Crippen molar-refractivity contribution in [3.63, 3.8) is 0 Å². The highest BCUT2D eigenvalue weighted by Gasteiger charge is 2.22. The quantitative estimate of drug-likeness (QED) is 0.836. The van der Waals surface area contributed by atoms with Crippen molar-refractivity contribution in [3.05, 3.63) is 53.6 Å². The van der Waals surface area contributed by atoms with E-state index in [9.17, 15) is 0 Å². The van der Waals surface area contributed by atoms with Crippen LogP contribution in [0.2, 0.25) is 0 Å². The summed E-state index contributed by atoms with van der Waals surface area (Å²) >= 11 is 0. The van der Waals surface area contributed by atoms with E-state index in [0.717, 1.165) is 18.9 Å². The second-order valence-corrected chi connectivity index (χ2v) is 6.11. The van der Waals surface area contributed by atoms with Crippen molar-refractivity contribution < 1.29 is 0 Å². The number of aromatic nitrogens is 2. The third-order valence-electron chi connectivity index (χ3n) is 4.70. The Morgan fingerprint density at radius 3 is 3.00 bits per heavy atom. The molecule has 0 N–H and O–H groups in total. The maximum atomic E-state index is 4.28. The van der Waals surface area contributed by atoms with Crippen LogP contribution in [0.5, 0.6) is 0 Å². The van der Waals surface area contributed by atoms with Crippen LogP contribution in [0, 0.1) is 6.92 Å². The van der Waals surface area contributed by atoms with E-state index in [1.54, 1.807) is 11.1 Å². The molecule has 21 heavy (non-hydrogen) atoms. The highest BCUT2D eigenvalue weighted by Crippen LogP contribution is 2.33. The predicted molar refractivity (Wildman–Crippen MR) is 86.3 cm³/mol. The highest BCUT2D eigenvalue weighted by molar-refractivity contribution is 5.32. The number of hydrogen-bond acceptors (Lipinski definition) is 2. The maximum Gasteiger partial charge on any atom is 0.105 e. The molecular formula is C18H25N3. The zero-order valence-electron chi connectivity index (χ0n) is 13.1. The molecule has 3 heteroatoms. The van der Waals surface area contributed by atoms with Gasteiger partial charge in [0.1, 0.15) is 5.82 Å². The van der Waals surface area contributed by atoms with Gasteiger partial charge in [-0.05, 0) is 50.8 Å². The molecule has 0 amide bonds. The van der Waals surface area contributed by atoms with Crippen LogP contribution < -0.4 is 0 Å². The van der Waals surface area contributed by atoms with Gasteiger partial charge in [0.05, 0.1) is 0 Å². The average molecular weight is 283 g/mol. The fraction of sp³-hybridized carbons (Fsp3) is 0.500. The Morgan fingerprint density at radius 1 is 1.33 bits per heavy atom. The van der Waals surface area contributed by atoms with Crippen molar-refractivity contribution in [2.24, 2.45) is 0 Å². The van der Waals surface area contributed by atoms with Crippen molar-refractivity contribution in [2.45, 2.75) is 45.2 Å². The first kappa shape index (κ1) is 14.3. The van der Waals surface area contributed by atoms with E-state index in [4.69, 9.17) is 0 Å². The summed E-state index contributed by atoms with van der Waals surface area (Å²) in [5.41, 5.74) is 3.09. The number of aryl methyl sites for hydroxylation is 3. The van der Waals surface area contributed by atoms with E-state index < -0.39 is 0 Å². The Hall–Kier alpha value is -1.61. The van der Waals surface area contributed by atoms with E-state index in [-0.39, 0.29) is 0 Å². The Labute approximate surface area is 127 Å². The first-order valence-corrected chi connectivity index (χ1v) is 8.01. The lowest BCUT2D eigenvalue weighted by Gasteiger charge is -2.33. The molecule has 0 fully saturated rings. The maximum absolute atomic E-state index is 4.28. The lowest BCUT2D eigenvalue weighted by Crippen LogP contribution is -2.29. The highest BCUT2D eigenvalue weighted by atomic mass is 15.1. The second-order valence-electron chi connectivity index (χ2n) is 6.11. The SMILES string of the molecule is Cc1nccn1CCCN(C)[C@@H]1CCCc2ccccc21. The molecule has 1 aromatic carbocycles. The summed E-state index contributed by atoms with van der Waals surface area (Å²) < 4.78 is 2.24. The van der Waals surface area contributed by atoms with Gasteiger partial charge in [0.2, 0.25) is 0 Å². The molecular weight excluding hydrogens is 258 g/mol. The van der Waals surface area contributed by atoms with Crippen molar-refractivity contribution in [2.75, 3.05) is 13.6 Å². The van der Waals surface area contributed by atoms with Crippen LogP contribution >= 0.6 is 0 Å². The first-order chi connectivity index (χ1) is 10.3. The van der Waals surface area contributed by atoms with Gasteiger partial charge in [0, 0.05) is 31.5 Å². The summed E-state index contributed by atoms with van der Waals surface area (Å²) in [5.74, 6) is 1.11. The molecule has 1 aromatic heterocycles. The molecule has 0 saturated carbocycles. The number of rotatable bonds is 5. The van der Waals surface area contributed by atoms with Crippen molar-refractivity contribution in [3.8, 4) is 0 Å². The standard InChI is InChI=1S/C18H25N3/c1-15-19-11-14-21(15)13-6-12-20(2)18-10-5-8-16-7-3-4-9-17(16)18/h3-4,7,9,11,14,18H,5-6,8,10,12-13H2,1-2H3/t18-/m1/s1. The summed E-state index contributed by atoms with van der Waals surface area (Å²) in [4.78, 5) is 6.82. The predicted octanol–water partition coefficient (Wildman–Crippen LogP) is 3.59. The van der Waals surface area contributed by atoms with Gasteiger partial charge in [-0.15, -0.1) is 0 Å². The summed E-state index contributed by atoms with van der Waals surface area (Å²) in [6.07, 6.45) is 8.98.